The van der Waals surface area contributed by atoms with Crippen molar-refractivity contribution in [3.63, 3.8) is 0 Å². The molecular weight excluding hydrogens is 803 g/mol. The van der Waals surface area contributed by atoms with E-state index in [9.17, 15) is 0 Å². The van der Waals surface area contributed by atoms with E-state index in [1.54, 1.807) is 19.1 Å². The zero-order chi connectivity index (χ0) is 45.1. The number of para-hydroxylation sites is 1. The number of ether oxygens (including phenoxy) is 4. The molecule has 2 heterocycles. The van der Waals surface area contributed by atoms with Gasteiger partial charge in [0.1, 0.15) is 11.5 Å². The first-order valence-electron chi connectivity index (χ1n) is 21.2. The van der Waals surface area contributed by atoms with E-state index in [1.807, 2.05) is 140 Å². The van der Waals surface area contributed by atoms with Gasteiger partial charge in [-0.1, -0.05) is 109 Å². The average Bonchev–Trinajstić information content (AvgIpc) is 3.35. The summed E-state index contributed by atoms with van der Waals surface area (Å²) in [5, 5.41) is 0. The van der Waals surface area contributed by atoms with Crippen molar-refractivity contribution in [2.24, 2.45) is 32.2 Å². The quantitative estimate of drug-likeness (QED) is 0.101. The molecule has 0 saturated carbocycles. The highest BCUT2D eigenvalue weighted by atomic mass is 16.5. The molecule has 2 saturated heterocycles. The van der Waals surface area contributed by atoms with Crippen molar-refractivity contribution in [1.29, 1.82) is 0 Å². The Hall–Kier alpha value is -7.35. The molecule has 0 atom stereocenters. The maximum Gasteiger partial charge on any atom is 0.196 e. The van der Waals surface area contributed by atoms with Gasteiger partial charge in [0.05, 0.1) is 57.7 Å². The summed E-state index contributed by atoms with van der Waals surface area (Å²) in [5.41, 5.74) is 27.3. The predicted molar refractivity (Wildman–Crippen MR) is 261 cm³/mol. The molecule has 13 heteroatoms. The van der Waals surface area contributed by atoms with E-state index < -0.39 is 0 Å². The van der Waals surface area contributed by atoms with Gasteiger partial charge in [-0.2, -0.15) is 0 Å². The van der Waals surface area contributed by atoms with Crippen LogP contribution in [0.3, 0.4) is 0 Å². The molecule has 332 valence electrons. The summed E-state index contributed by atoms with van der Waals surface area (Å²) in [4.78, 5) is 19.6. The van der Waals surface area contributed by atoms with Crippen LogP contribution < -0.4 is 26.7 Å². The molecule has 0 bridgehead atoms. The molecule has 6 aromatic rings. The fourth-order valence-electron chi connectivity index (χ4n) is 6.82. The van der Waals surface area contributed by atoms with Crippen molar-refractivity contribution >= 4 is 34.9 Å². The minimum absolute atomic E-state index is 0.454. The van der Waals surface area contributed by atoms with Crippen molar-refractivity contribution in [1.82, 2.24) is 14.7 Å². The van der Waals surface area contributed by atoms with Crippen molar-refractivity contribution in [2.45, 2.75) is 0 Å². The van der Waals surface area contributed by atoms with Crippen LogP contribution in [-0.4, -0.2) is 113 Å². The Morgan fingerprint density at radius 3 is 1.23 bits per heavy atom. The molecule has 13 nitrogen and oxygen atoms in total. The van der Waals surface area contributed by atoms with E-state index in [0.717, 1.165) is 88.1 Å². The zero-order valence-corrected chi connectivity index (χ0v) is 37.1. The van der Waals surface area contributed by atoms with Gasteiger partial charge in [0.15, 0.2) is 17.9 Å². The molecule has 6 aromatic carbocycles. The fourth-order valence-corrected chi connectivity index (χ4v) is 6.82. The van der Waals surface area contributed by atoms with E-state index in [2.05, 4.69) is 50.2 Å². The molecule has 0 amide bonds. The zero-order valence-electron chi connectivity index (χ0n) is 37.1. The van der Waals surface area contributed by atoms with Crippen molar-refractivity contribution in [2.75, 3.05) is 80.9 Å². The van der Waals surface area contributed by atoms with Crippen molar-refractivity contribution < 1.29 is 18.9 Å². The molecule has 2 aliphatic rings. The first-order valence-corrected chi connectivity index (χ1v) is 21.2. The van der Waals surface area contributed by atoms with Gasteiger partial charge in [0, 0.05) is 69.1 Å². The normalized spacial score (nSPS) is 14.3. The lowest BCUT2D eigenvalue weighted by atomic mass is 10.0. The van der Waals surface area contributed by atoms with Crippen LogP contribution in [0.4, 0.5) is 17.1 Å². The third-order valence-corrected chi connectivity index (χ3v) is 10.4. The van der Waals surface area contributed by atoms with E-state index >= 15 is 0 Å². The van der Waals surface area contributed by atoms with Crippen LogP contribution in [0, 0.1) is 0 Å². The van der Waals surface area contributed by atoms with Crippen LogP contribution in [0.15, 0.2) is 167 Å². The largest absolute Gasteiger partial charge is 0.497 e. The molecule has 2 fully saturated rings. The summed E-state index contributed by atoms with van der Waals surface area (Å²) in [7, 11) is 7.01. The van der Waals surface area contributed by atoms with Gasteiger partial charge in [0.2, 0.25) is 0 Å². The number of rotatable bonds is 8. The highest BCUT2D eigenvalue weighted by Gasteiger charge is 2.16. The molecule has 64 heavy (non-hydrogen) atoms. The first kappa shape index (κ1) is 46.2. The third kappa shape index (κ3) is 13.1. The van der Waals surface area contributed by atoms with E-state index in [1.165, 1.54) is 0 Å². The number of benzene rings is 6. The highest BCUT2D eigenvalue weighted by Crippen LogP contribution is 2.35. The Labute approximate surface area is 377 Å². The minimum atomic E-state index is 0.454. The van der Waals surface area contributed by atoms with Crippen LogP contribution >= 0.6 is 0 Å². The number of hydrogen-bond acceptors (Lipinski definition) is 7. The lowest BCUT2D eigenvalue weighted by molar-refractivity contribution is 0.0675. The first-order chi connectivity index (χ1) is 31.2. The van der Waals surface area contributed by atoms with Crippen LogP contribution in [0.25, 0.3) is 33.4 Å². The Balaban J connectivity index is 0.000000160. The van der Waals surface area contributed by atoms with Gasteiger partial charge in [0.25, 0.3) is 0 Å². The van der Waals surface area contributed by atoms with Crippen LogP contribution in [-0.2, 0) is 9.47 Å². The summed E-state index contributed by atoms with van der Waals surface area (Å²) in [6.07, 6.45) is 0. The van der Waals surface area contributed by atoms with E-state index in [-0.39, 0.29) is 0 Å². The smallest absolute Gasteiger partial charge is 0.196 e. The van der Waals surface area contributed by atoms with Gasteiger partial charge < -0.3 is 50.8 Å². The SMILES string of the molecule is COc1ccc(-c2ccccc2)c(N=C(N)N(C)C)c1.COc1ccc(-c2ccccc2)c(N=C(N)N2CCOCC2)c1.NC(=Nc1ccccc1-c1ccccc1)N1CCOCC1. The van der Waals surface area contributed by atoms with Gasteiger partial charge in [-0.25, -0.2) is 15.0 Å². The molecule has 6 N–H and O–H groups in total. The monoisotopic (exact) mass is 861 g/mol. The summed E-state index contributed by atoms with van der Waals surface area (Å²) < 4.78 is 21.3. The molecule has 2 aliphatic heterocycles. The Morgan fingerprint density at radius 2 is 0.828 bits per heavy atom. The second-order valence-corrected chi connectivity index (χ2v) is 14.9. The highest BCUT2D eigenvalue weighted by molar-refractivity contribution is 5.88. The lowest BCUT2D eigenvalue weighted by Gasteiger charge is -2.27. The summed E-state index contributed by atoms with van der Waals surface area (Å²) in [5.74, 6) is 3.05. The molecule has 0 radical (unpaired) electrons. The topological polar surface area (TPSA) is 162 Å². The number of guanidine groups is 3. The standard InChI is InChI=1S/C18H21N3O2.C17H19N3O.C16H19N3O/c1-22-15-7-8-16(14-5-3-2-4-6-14)17(13-15)20-18(19)21-9-11-23-12-10-21;18-17(20-10-12-21-13-11-20)19-16-9-5-4-8-15(16)14-6-2-1-3-7-14;1-19(2)16(17)18-15-11-13(20-3)9-10-14(15)12-7-5-4-6-8-12/h2-8,13H,9-12H2,1H3,(H2,19,20);1-9H,10-13H2,(H2,18,19);4-11H,1-3H3,(H2,17,18). The van der Waals surface area contributed by atoms with E-state index in [4.69, 9.17) is 36.1 Å². The van der Waals surface area contributed by atoms with Crippen LogP contribution in [0.2, 0.25) is 0 Å². The third-order valence-electron chi connectivity index (χ3n) is 10.4. The predicted octanol–water partition coefficient (Wildman–Crippen LogP) is 8.14. The number of hydrogen-bond donors (Lipinski definition) is 3. The maximum atomic E-state index is 6.20. The molecule has 8 rings (SSSR count). The number of aliphatic imine (C=N–C) groups is 3. The molecule has 0 spiro atoms. The van der Waals surface area contributed by atoms with Gasteiger partial charge in [-0.15, -0.1) is 0 Å². The van der Waals surface area contributed by atoms with Gasteiger partial charge in [-0.05, 0) is 47.0 Å². The van der Waals surface area contributed by atoms with Gasteiger partial charge >= 0.3 is 0 Å². The molecular formula is C51H59N9O4. The Kier molecular flexibility index (Phi) is 17.1. The van der Waals surface area contributed by atoms with Crippen LogP contribution in [0.1, 0.15) is 0 Å². The second kappa shape index (κ2) is 23.8. The molecule has 0 aliphatic carbocycles. The summed E-state index contributed by atoms with van der Waals surface area (Å²) in [6.45, 7) is 5.89. The van der Waals surface area contributed by atoms with Crippen molar-refractivity contribution in [3.8, 4) is 44.9 Å². The fraction of sp³-hybridized carbons (Fsp3) is 0.235. The van der Waals surface area contributed by atoms with Crippen molar-refractivity contribution in [3.05, 3.63) is 152 Å². The van der Waals surface area contributed by atoms with Crippen LogP contribution in [0.5, 0.6) is 11.5 Å². The van der Waals surface area contributed by atoms with E-state index in [0.29, 0.717) is 44.3 Å². The number of methoxy groups -OCH3 is 2. The minimum Gasteiger partial charge on any atom is -0.497 e. The summed E-state index contributed by atoms with van der Waals surface area (Å²) in [6, 6.07) is 50.2. The maximum absolute atomic E-state index is 6.20. The number of morpholine rings is 2. The second-order valence-electron chi connectivity index (χ2n) is 14.9. The number of nitrogens with zero attached hydrogens (tertiary/aromatic N) is 6. The Bertz CT molecular complexity index is 2450. The summed E-state index contributed by atoms with van der Waals surface area (Å²) >= 11 is 0. The lowest BCUT2D eigenvalue weighted by Crippen LogP contribution is -2.44. The molecule has 0 unspecified atom stereocenters. The average molecular weight is 862 g/mol. The Morgan fingerprint density at radius 1 is 0.469 bits per heavy atom. The molecule has 0 aromatic heterocycles. The number of nitrogens with two attached hydrogens (primary N) is 3. The van der Waals surface area contributed by atoms with Gasteiger partial charge in [-0.3, -0.25) is 0 Å².